The molecule has 1 aromatic heterocycles. The second-order valence-corrected chi connectivity index (χ2v) is 6.26. The van der Waals surface area contributed by atoms with E-state index in [2.05, 4.69) is 49.4 Å². The van der Waals surface area contributed by atoms with Crippen molar-refractivity contribution in [2.24, 2.45) is 7.05 Å². The van der Waals surface area contributed by atoms with Gasteiger partial charge in [0.15, 0.2) is 5.11 Å². The lowest BCUT2D eigenvalue weighted by Gasteiger charge is -2.22. The zero-order chi connectivity index (χ0) is 16.4. The van der Waals surface area contributed by atoms with Crippen LogP contribution in [0.15, 0.2) is 18.2 Å². The van der Waals surface area contributed by atoms with Crippen LogP contribution >= 0.6 is 12.2 Å². The Bertz CT molecular complexity index is 703. The standard InChI is InChI=1S/C17H24N4S/c1-11-7-8-12(2)16(9-11)18-17(22)20(5)10-15-13(3)19-21(6)14(15)4/h7-9H,10H2,1-6H3,(H,18,22). The molecule has 0 amide bonds. The monoisotopic (exact) mass is 316 g/mol. The van der Waals surface area contributed by atoms with Gasteiger partial charge in [0.2, 0.25) is 0 Å². The lowest BCUT2D eigenvalue weighted by atomic mass is 10.1. The van der Waals surface area contributed by atoms with Crippen LogP contribution in [0.4, 0.5) is 5.69 Å². The average molecular weight is 316 g/mol. The molecule has 0 fully saturated rings. The van der Waals surface area contributed by atoms with Gasteiger partial charge in [-0.25, -0.2) is 0 Å². The van der Waals surface area contributed by atoms with Gasteiger partial charge in [0.25, 0.3) is 0 Å². The van der Waals surface area contributed by atoms with Crippen molar-refractivity contribution < 1.29 is 0 Å². The molecule has 0 aliphatic heterocycles. The SMILES string of the molecule is Cc1ccc(C)c(NC(=S)N(C)Cc2c(C)nn(C)c2C)c1. The molecule has 5 heteroatoms. The largest absolute Gasteiger partial charge is 0.348 e. The fourth-order valence-corrected chi connectivity index (χ4v) is 2.61. The molecule has 2 rings (SSSR count). The Hall–Kier alpha value is -1.88. The number of aryl methyl sites for hydroxylation is 4. The molecule has 0 saturated heterocycles. The molecule has 0 atom stereocenters. The van der Waals surface area contributed by atoms with E-state index in [0.29, 0.717) is 0 Å². The zero-order valence-electron chi connectivity index (χ0n) is 14.2. The maximum Gasteiger partial charge on any atom is 0.173 e. The first-order valence-corrected chi connectivity index (χ1v) is 7.79. The average Bonchev–Trinajstić information content (AvgIpc) is 2.69. The van der Waals surface area contributed by atoms with Gasteiger partial charge in [0.1, 0.15) is 0 Å². The van der Waals surface area contributed by atoms with Crippen molar-refractivity contribution >= 4 is 23.0 Å². The number of rotatable bonds is 3. The molecule has 4 nitrogen and oxygen atoms in total. The van der Waals surface area contributed by atoms with Crippen molar-refractivity contribution in [3.05, 3.63) is 46.3 Å². The first-order chi connectivity index (χ1) is 10.3. The van der Waals surface area contributed by atoms with E-state index in [9.17, 15) is 0 Å². The molecule has 118 valence electrons. The number of benzene rings is 1. The molecule has 0 spiro atoms. The number of nitrogens with one attached hydrogen (secondary N) is 1. The fraction of sp³-hybridized carbons (Fsp3) is 0.412. The summed E-state index contributed by atoms with van der Waals surface area (Å²) in [7, 11) is 3.98. The van der Waals surface area contributed by atoms with E-state index < -0.39 is 0 Å². The Morgan fingerprint density at radius 2 is 1.95 bits per heavy atom. The third-order valence-corrected chi connectivity index (χ3v) is 4.45. The third-order valence-electron chi connectivity index (χ3n) is 4.04. The molecule has 1 N–H and O–H groups in total. The molecule has 1 heterocycles. The van der Waals surface area contributed by atoms with E-state index in [0.717, 1.165) is 23.0 Å². The van der Waals surface area contributed by atoms with Crippen molar-refractivity contribution in [1.82, 2.24) is 14.7 Å². The first-order valence-electron chi connectivity index (χ1n) is 7.38. The Balaban J connectivity index is 2.11. The van der Waals surface area contributed by atoms with E-state index in [-0.39, 0.29) is 0 Å². The summed E-state index contributed by atoms with van der Waals surface area (Å²) < 4.78 is 1.92. The van der Waals surface area contributed by atoms with Gasteiger partial charge in [-0.2, -0.15) is 5.10 Å². The smallest absolute Gasteiger partial charge is 0.173 e. The molecular weight excluding hydrogens is 292 g/mol. The molecule has 0 aliphatic rings. The second-order valence-electron chi connectivity index (χ2n) is 5.88. The summed E-state index contributed by atoms with van der Waals surface area (Å²) in [5.41, 5.74) is 6.94. The highest BCUT2D eigenvalue weighted by Crippen LogP contribution is 2.18. The predicted molar refractivity (Wildman–Crippen MR) is 96.3 cm³/mol. The Kier molecular flexibility index (Phi) is 4.86. The molecular formula is C17H24N4S. The zero-order valence-corrected chi connectivity index (χ0v) is 15.0. The molecule has 1 aromatic carbocycles. The minimum atomic E-state index is 0.719. The van der Waals surface area contributed by atoms with E-state index in [1.54, 1.807) is 0 Å². The lowest BCUT2D eigenvalue weighted by Crippen LogP contribution is -2.31. The minimum Gasteiger partial charge on any atom is -0.348 e. The quantitative estimate of drug-likeness (QED) is 0.879. The van der Waals surface area contributed by atoms with Crippen molar-refractivity contribution in [3.63, 3.8) is 0 Å². The Morgan fingerprint density at radius 1 is 1.27 bits per heavy atom. The van der Waals surface area contributed by atoms with Crippen LogP contribution in [0, 0.1) is 27.7 Å². The van der Waals surface area contributed by atoms with Crippen LogP contribution in [0.3, 0.4) is 0 Å². The van der Waals surface area contributed by atoms with E-state index in [4.69, 9.17) is 12.2 Å². The van der Waals surface area contributed by atoms with E-state index in [1.165, 1.54) is 22.4 Å². The van der Waals surface area contributed by atoms with Crippen molar-refractivity contribution in [2.45, 2.75) is 34.2 Å². The van der Waals surface area contributed by atoms with Crippen LogP contribution in [0.1, 0.15) is 28.1 Å². The number of hydrogen-bond acceptors (Lipinski definition) is 2. The van der Waals surface area contributed by atoms with Crippen molar-refractivity contribution in [1.29, 1.82) is 0 Å². The van der Waals surface area contributed by atoms with Gasteiger partial charge in [-0.3, -0.25) is 4.68 Å². The summed E-state index contributed by atoms with van der Waals surface area (Å²) in [4.78, 5) is 2.05. The van der Waals surface area contributed by atoms with Gasteiger partial charge in [0, 0.05) is 37.6 Å². The number of hydrogen-bond donors (Lipinski definition) is 1. The van der Waals surface area contributed by atoms with Gasteiger partial charge in [-0.1, -0.05) is 12.1 Å². The number of nitrogens with zero attached hydrogens (tertiary/aromatic N) is 3. The molecule has 0 aliphatic carbocycles. The van der Waals surface area contributed by atoms with Gasteiger partial charge in [0.05, 0.1) is 5.69 Å². The third kappa shape index (κ3) is 3.47. The summed E-state index contributed by atoms with van der Waals surface area (Å²) in [5, 5.41) is 8.52. The maximum absolute atomic E-state index is 5.54. The summed E-state index contributed by atoms with van der Waals surface area (Å²) in [6.45, 7) is 9.05. The van der Waals surface area contributed by atoms with E-state index in [1.807, 2.05) is 30.6 Å². The van der Waals surface area contributed by atoms with Gasteiger partial charge in [-0.15, -0.1) is 0 Å². The van der Waals surface area contributed by atoms with E-state index >= 15 is 0 Å². The number of aromatic nitrogens is 2. The molecule has 22 heavy (non-hydrogen) atoms. The Morgan fingerprint density at radius 3 is 2.55 bits per heavy atom. The number of anilines is 1. The minimum absolute atomic E-state index is 0.719. The molecule has 2 aromatic rings. The highest BCUT2D eigenvalue weighted by molar-refractivity contribution is 7.80. The normalized spacial score (nSPS) is 10.6. The summed E-state index contributed by atoms with van der Waals surface area (Å²) >= 11 is 5.54. The van der Waals surface area contributed by atoms with Crippen LogP contribution in [0.5, 0.6) is 0 Å². The topological polar surface area (TPSA) is 33.1 Å². The predicted octanol–water partition coefficient (Wildman–Crippen LogP) is 3.48. The van der Waals surface area contributed by atoms with Gasteiger partial charge >= 0.3 is 0 Å². The Labute approximate surface area is 138 Å². The summed E-state index contributed by atoms with van der Waals surface area (Å²) in [6, 6.07) is 6.33. The highest BCUT2D eigenvalue weighted by Gasteiger charge is 2.14. The van der Waals surface area contributed by atoms with Crippen LogP contribution in [0.2, 0.25) is 0 Å². The van der Waals surface area contributed by atoms with Crippen molar-refractivity contribution in [2.75, 3.05) is 12.4 Å². The van der Waals surface area contributed by atoms with Crippen LogP contribution < -0.4 is 5.32 Å². The molecule has 0 saturated carbocycles. The lowest BCUT2D eigenvalue weighted by molar-refractivity contribution is 0.505. The molecule has 0 bridgehead atoms. The van der Waals surface area contributed by atoms with Gasteiger partial charge < -0.3 is 10.2 Å². The fourth-order valence-electron chi connectivity index (χ4n) is 2.44. The first kappa shape index (κ1) is 16.5. The van der Waals surface area contributed by atoms with Crippen LogP contribution in [0.25, 0.3) is 0 Å². The second kappa shape index (κ2) is 6.48. The van der Waals surface area contributed by atoms with Crippen LogP contribution in [-0.2, 0) is 13.6 Å². The molecule has 0 unspecified atom stereocenters. The van der Waals surface area contributed by atoms with Crippen molar-refractivity contribution in [3.8, 4) is 0 Å². The maximum atomic E-state index is 5.54. The summed E-state index contributed by atoms with van der Waals surface area (Å²) in [6.07, 6.45) is 0. The number of thiocarbonyl (C=S) groups is 1. The summed E-state index contributed by atoms with van der Waals surface area (Å²) in [5.74, 6) is 0. The van der Waals surface area contributed by atoms with Crippen LogP contribution in [-0.4, -0.2) is 26.8 Å². The molecule has 0 radical (unpaired) electrons. The highest BCUT2D eigenvalue weighted by atomic mass is 32.1. The van der Waals surface area contributed by atoms with Gasteiger partial charge in [-0.05, 0) is 57.1 Å².